The number of halogens is 2. The first-order valence-corrected chi connectivity index (χ1v) is 14.9. The number of benzene rings is 1. The molecule has 5 N–H and O–H groups in total. The molecule has 44 heavy (non-hydrogen) atoms. The van der Waals surface area contributed by atoms with Crippen LogP contribution in [0.4, 0.5) is 10.1 Å². The molecule has 2 aromatic heterocycles. The average molecular weight is 621 g/mol. The number of alkyl halides is 1. The van der Waals surface area contributed by atoms with Crippen LogP contribution in [0.1, 0.15) is 71.4 Å². The van der Waals surface area contributed by atoms with Gasteiger partial charge in [-0.05, 0) is 56.9 Å². The fourth-order valence-corrected chi connectivity index (χ4v) is 5.70. The van der Waals surface area contributed by atoms with E-state index in [4.69, 9.17) is 37.5 Å². The van der Waals surface area contributed by atoms with Gasteiger partial charge in [0.05, 0.1) is 23.5 Å². The Kier molecular flexibility index (Phi) is 7.47. The Morgan fingerprint density at radius 1 is 1.32 bits per heavy atom. The number of carbonyl (C=O) groups is 2. The van der Waals surface area contributed by atoms with Gasteiger partial charge in [0, 0.05) is 65.7 Å². The summed E-state index contributed by atoms with van der Waals surface area (Å²) in [5, 5.41) is 3.47. The van der Waals surface area contributed by atoms with E-state index in [0.29, 0.717) is 68.7 Å². The van der Waals surface area contributed by atoms with Crippen molar-refractivity contribution >= 4 is 35.3 Å². The zero-order chi connectivity index (χ0) is 31.4. The topological polar surface area (TPSA) is 155 Å². The second kappa shape index (κ2) is 11.0. The maximum Gasteiger partial charge on any atom is 0.251 e. The molecule has 3 heterocycles. The molecule has 6 rings (SSSR count). The molecule has 0 saturated heterocycles. The van der Waals surface area contributed by atoms with Crippen molar-refractivity contribution in [2.45, 2.75) is 56.7 Å². The minimum atomic E-state index is -1.56. The van der Waals surface area contributed by atoms with Crippen LogP contribution in [0.25, 0.3) is 11.3 Å². The van der Waals surface area contributed by atoms with Gasteiger partial charge in [0.25, 0.3) is 5.91 Å². The first-order valence-electron chi connectivity index (χ1n) is 14.5. The Labute approximate surface area is 259 Å². The number of primary amides is 1. The molecule has 1 aliphatic heterocycles. The van der Waals surface area contributed by atoms with Crippen LogP contribution < -0.4 is 26.3 Å². The lowest BCUT2D eigenvalue weighted by Crippen LogP contribution is -2.40. The van der Waals surface area contributed by atoms with E-state index in [2.05, 4.69) is 15.3 Å². The van der Waals surface area contributed by atoms with Crippen LogP contribution in [0.15, 0.2) is 35.5 Å². The van der Waals surface area contributed by atoms with Crippen molar-refractivity contribution in [3.05, 3.63) is 63.6 Å². The second-order valence-electron chi connectivity index (χ2n) is 12.0. The van der Waals surface area contributed by atoms with Crippen molar-refractivity contribution < 1.29 is 23.5 Å². The van der Waals surface area contributed by atoms with Gasteiger partial charge in [0.2, 0.25) is 5.91 Å². The number of aryl methyl sites for hydroxylation is 1. The van der Waals surface area contributed by atoms with Crippen LogP contribution in [0, 0.1) is 12.8 Å². The number of anilines is 1. The lowest BCUT2D eigenvalue weighted by atomic mass is 9.82. The maximum atomic E-state index is 14.2. The number of aliphatic imine (C=N–C) groups is 1. The van der Waals surface area contributed by atoms with Crippen molar-refractivity contribution in [3.63, 3.8) is 0 Å². The lowest BCUT2D eigenvalue weighted by molar-refractivity contribution is -0.123. The number of fused-ring (bicyclic) bond motifs is 1. The molecule has 2 atom stereocenters. The Morgan fingerprint density at radius 3 is 2.73 bits per heavy atom. The summed E-state index contributed by atoms with van der Waals surface area (Å²) < 4.78 is 25.6. The van der Waals surface area contributed by atoms with Crippen LogP contribution in [0.3, 0.4) is 0 Å². The summed E-state index contributed by atoms with van der Waals surface area (Å²) in [5.74, 6) is -1.57. The van der Waals surface area contributed by atoms with Crippen LogP contribution in [0.2, 0.25) is 5.02 Å². The largest absolute Gasteiger partial charge is 0.495 e. The van der Waals surface area contributed by atoms with E-state index in [1.54, 1.807) is 38.2 Å². The number of rotatable bonds is 10. The van der Waals surface area contributed by atoms with Gasteiger partial charge in [-0.3, -0.25) is 19.6 Å². The van der Waals surface area contributed by atoms with Crippen molar-refractivity contribution in [3.8, 4) is 22.8 Å². The second-order valence-corrected chi connectivity index (χ2v) is 12.4. The van der Waals surface area contributed by atoms with Crippen LogP contribution in [-0.4, -0.2) is 54.1 Å². The fourth-order valence-electron chi connectivity index (χ4n) is 5.50. The number of methoxy groups -OCH3 is 1. The zero-order valence-electron chi connectivity index (χ0n) is 24.7. The van der Waals surface area contributed by atoms with E-state index < -0.39 is 17.1 Å². The molecule has 0 unspecified atom stereocenters. The standard InChI is InChI=1S/C32H34ClFN6O4/c1-16-25(33)20(6-9-37-16)27-28-22(31(2,15-44-28)30(36)42)12-23(40-27)21(17-4-5-17)14-38-29(41)18-10-19(13-39-32(34)7-8-32)26(35)24(11-18)43-3/h6,9-13,17,21H,4-5,7-8,14-15,35H2,1-3H3,(H2,36,42)(H,38,41)/b39-13+/t21-,31-/m0/s1. The lowest BCUT2D eigenvalue weighted by Gasteiger charge is -2.22. The quantitative estimate of drug-likeness (QED) is 0.169. The number of nitrogens with one attached hydrogen (secondary N) is 1. The number of nitrogens with two attached hydrogens (primary N) is 2. The predicted octanol–water partition coefficient (Wildman–Crippen LogP) is 4.63. The Bertz CT molecular complexity index is 1710. The maximum absolute atomic E-state index is 14.2. The summed E-state index contributed by atoms with van der Waals surface area (Å²) in [7, 11) is 1.45. The van der Waals surface area contributed by atoms with Gasteiger partial charge < -0.3 is 26.3 Å². The summed E-state index contributed by atoms with van der Waals surface area (Å²) >= 11 is 6.68. The van der Waals surface area contributed by atoms with Crippen molar-refractivity contribution in [2.24, 2.45) is 16.6 Å². The average Bonchev–Trinajstić information content (AvgIpc) is 3.94. The molecular formula is C32H34ClFN6O4. The number of aromatic nitrogens is 2. The molecule has 2 fully saturated rings. The SMILES string of the molecule is COc1cc(C(=O)NC[C@H](c2cc3c(c(-c4ccnc(C)c4Cl)n2)OC[C@]3(C)C(N)=O)C2CC2)cc(/C=N/C2(F)CC2)c1N. The number of hydrogen-bond donors (Lipinski definition) is 3. The van der Waals surface area contributed by atoms with Crippen LogP contribution in [-0.2, 0) is 10.2 Å². The normalized spacial score (nSPS) is 20.6. The monoisotopic (exact) mass is 620 g/mol. The Morgan fingerprint density at radius 2 is 2.07 bits per heavy atom. The summed E-state index contributed by atoms with van der Waals surface area (Å²) in [4.78, 5) is 39.4. The van der Waals surface area contributed by atoms with E-state index in [9.17, 15) is 14.0 Å². The van der Waals surface area contributed by atoms with Gasteiger partial charge in [0.15, 0.2) is 5.79 Å². The van der Waals surface area contributed by atoms with Crippen molar-refractivity contribution in [1.29, 1.82) is 0 Å². The van der Waals surface area contributed by atoms with Gasteiger partial charge >= 0.3 is 0 Å². The summed E-state index contributed by atoms with van der Waals surface area (Å²) in [5.41, 5.74) is 15.1. The third kappa shape index (κ3) is 5.45. The highest BCUT2D eigenvalue weighted by Gasteiger charge is 2.45. The highest BCUT2D eigenvalue weighted by atomic mass is 35.5. The third-order valence-corrected chi connectivity index (χ3v) is 9.24. The number of carbonyl (C=O) groups excluding carboxylic acids is 2. The number of nitrogen functional groups attached to an aromatic ring is 1. The first kappa shape index (κ1) is 29.8. The number of amides is 2. The van der Waals surface area contributed by atoms with E-state index in [1.165, 1.54) is 13.3 Å². The van der Waals surface area contributed by atoms with E-state index in [1.807, 2.05) is 6.07 Å². The molecule has 3 aromatic rings. The molecule has 2 saturated carbocycles. The molecule has 230 valence electrons. The number of hydrogen-bond acceptors (Lipinski definition) is 8. The number of pyridine rings is 2. The van der Waals surface area contributed by atoms with Crippen molar-refractivity contribution in [2.75, 3.05) is 26.0 Å². The molecule has 2 aliphatic carbocycles. The summed E-state index contributed by atoms with van der Waals surface area (Å²) in [6.45, 7) is 3.91. The Balaban J connectivity index is 1.34. The summed E-state index contributed by atoms with van der Waals surface area (Å²) in [6, 6.07) is 6.76. The Hall–Kier alpha value is -4.25. The highest BCUT2D eigenvalue weighted by molar-refractivity contribution is 6.34. The zero-order valence-corrected chi connectivity index (χ0v) is 25.5. The van der Waals surface area contributed by atoms with E-state index >= 15 is 0 Å². The first-order chi connectivity index (χ1) is 20.9. The van der Waals surface area contributed by atoms with Gasteiger partial charge in [-0.15, -0.1) is 0 Å². The molecule has 0 radical (unpaired) electrons. The van der Waals surface area contributed by atoms with Crippen LogP contribution in [0.5, 0.6) is 11.5 Å². The third-order valence-electron chi connectivity index (χ3n) is 8.76. The van der Waals surface area contributed by atoms with Crippen molar-refractivity contribution in [1.82, 2.24) is 15.3 Å². The van der Waals surface area contributed by atoms with Gasteiger partial charge in [-0.1, -0.05) is 11.6 Å². The van der Waals surface area contributed by atoms with Gasteiger partial charge in [-0.25, -0.2) is 9.37 Å². The molecule has 1 aromatic carbocycles. The molecule has 3 aliphatic rings. The van der Waals surface area contributed by atoms with E-state index in [0.717, 1.165) is 12.8 Å². The minimum absolute atomic E-state index is 0.0798. The van der Waals surface area contributed by atoms with Gasteiger partial charge in [-0.2, -0.15) is 0 Å². The fraction of sp³-hybridized carbons (Fsp3) is 0.406. The molecular weight excluding hydrogens is 587 g/mol. The van der Waals surface area contributed by atoms with E-state index in [-0.39, 0.29) is 36.6 Å². The molecule has 12 heteroatoms. The molecule has 10 nitrogen and oxygen atoms in total. The smallest absolute Gasteiger partial charge is 0.251 e. The molecule has 2 amide bonds. The van der Waals surface area contributed by atoms with Gasteiger partial charge in [0.1, 0.15) is 29.2 Å². The van der Waals surface area contributed by atoms with Crippen LogP contribution >= 0.6 is 11.6 Å². The highest BCUT2D eigenvalue weighted by Crippen LogP contribution is 2.49. The molecule has 0 spiro atoms. The minimum Gasteiger partial charge on any atom is -0.495 e. The number of nitrogens with zero attached hydrogens (tertiary/aromatic N) is 3. The summed E-state index contributed by atoms with van der Waals surface area (Å²) in [6.07, 6.45) is 5.66. The number of ether oxygens (including phenoxy) is 2. The predicted molar refractivity (Wildman–Crippen MR) is 165 cm³/mol. The molecule has 0 bridgehead atoms.